The summed E-state index contributed by atoms with van der Waals surface area (Å²) >= 11 is 0. The van der Waals surface area contributed by atoms with Gasteiger partial charge < -0.3 is 5.73 Å². The van der Waals surface area contributed by atoms with Crippen LogP contribution in [0, 0.1) is 5.82 Å². The molecule has 0 heterocycles. The largest absolute Gasteiger partial charge is 0.323 e. The second kappa shape index (κ2) is 6.08. The lowest BCUT2D eigenvalue weighted by molar-refractivity contribution is 0.589. The van der Waals surface area contributed by atoms with Crippen LogP contribution in [-0.4, -0.2) is 9.46 Å². The zero-order valence-corrected chi connectivity index (χ0v) is 11.4. The van der Waals surface area contributed by atoms with Gasteiger partial charge in [0.1, 0.15) is 5.82 Å². The molecule has 3 atom stereocenters. The normalized spacial score (nSPS) is 15.7. The fourth-order valence-electron chi connectivity index (χ4n) is 1.89. The lowest BCUT2D eigenvalue weighted by Gasteiger charge is -2.20. The minimum atomic E-state index is -1.47. The molecule has 0 amide bonds. The molecule has 0 aliphatic rings. The molecule has 2 rings (SSSR count). The molecular formula is C15H16FNOS. The first-order chi connectivity index (χ1) is 9.11. The van der Waals surface area contributed by atoms with Crippen molar-refractivity contribution in [3.05, 3.63) is 66.0 Å². The summed E-state index contributed by atoms with van der Waals surface area (Å²) in [5, 5.41) is -0.362. The second-order valence-electron chi connectivity index (χ2n) is 4.37. The lowest BCUT2D eigenvalue weighted by Crippen LogP contribution is -2.28. The van der Waals surface area contributed by atoms with E-state index in [2.05, 4.69) is 0 Å². The third-order valence-corrected chi connectivity index (χ3v) is 4.81. The van der Waals surface area contributed by atoms with Crippen LogP contribution < -0.4 is 5.73 Å². The number of nitrogens with two attached hydrogens (primary N) is 1. The van der Waals surface area contributed by atoms with Gasteiger partial charge in [0.25, 0.3) is 0 Å². The monoisotopic (exact) mass is 277 g/mol. The number of halogens is 1. The maximum atomic E-state index is 13.6. The molecule has 2 N–H and O–H groups in total. The molecule has 100 valence electrons. The molecule has 0 saturated carbocycles. The second-order valence-corrected chi connectivity index (χ2v) is 6.15. The first-order valence-electron chi connectivity index (χ1n) is 6.07. The summed E-state index contributed by atoms with van der Waals surface area (Å²) in [5.41, 5.74) is 7.01. The summed E-state index contributed by atoms with van der Waals surface area (Å²) in [6, 6.07) is 15.2. The van der Waals surface area contributed by atoms with Gasteiger partial charge in [0.15, 0.2) is 0 Å². The van der Waals surface area contributed by atoms with Crippen molar-refractivity contribution in [2.24, 2.45) is 5.73 Å². The molecule has 19 heavy (non-hydrogen) atoms. The maximum absolute atomic E-state index is 13.6. The summed E-state index contributed by atoms with van der Waals surface area (Å²) in [7, 11) is -1.47. The van der Waals surface area contributed by atoms with E-state index >= 15 is 0 Å². The third-order valence-electron chi connectivity index (χ3n) is 3.08. The minimum Gasteiger partial charge on any atom is -0.323 e. The molecule has 3 unspecified atom stereocenters. The molecule has 0 radical (unpaired) electrons. The standard InChI is InChI=1S/C15H16FNOS/c1-11(15(17)12-7-3-2-4-8-12)19(18)14-10-6-5-9-13(14)16/h2-11,15H,17H2,1H3. The summed E-state index contributed by atoms with van der Waals surface area (Å²) in [5.74, 6) is -0.451. The van der Waals surface area contributed by atoms with Crippen LogP contribution in [0.3, 0.4) is 0 Å². The predicted octanol–water partition coefficient (Wildman–Crippen LogP) is 3.02. The Balaban J connectivity index is 2.23. The molecule has 2 aromatic rings. The van der Waals surface area contributed by atoms with Crippen molar-refractivity contribution in [3.8, 4) is 0 Å². The third kappa shape index (κ3) is 3.08. The summed E-state index contributed by atoms with van der Waals surface area (Å²) in [6.07, 6.45) is 0. The Morgan fingerprint density at radius 1 is 1.05 bits per heavy atom. The Labute approximate surface area is 114 Å². The van der Waals surface area contributed by atoms with Gasteiger partial charge in [-0.25, -0.2) is 4.39 Å². The van der Waals surface area contributed by atoms with Crippen molar-refractivity contribution in [1.82, 2.24) is 0 Å². The van der Waals surface area contributed by atoms with Crippen LogP contribution in [0.2, 0.25) is 0 Å². The van der Waals surface area contributed by atoms with Crippen molar-refractivity contribution in [3.63, 3.8) is 0 Å². The van der Waals surface area contributed by atoms with Gasteiger partial charge in [-0.3, -0.25) is 4.21 Å². The average Bonchev–Trinajstić information content (AvgIpc) is 2.46. The van der Waals surface area contributed by atoms with Gasteiger partial charge in [-0.2, -0.15) is 0 Å². The molecule has 0 aliphatic carbocycles. The molecule has 2 nitrogen and oxygen atoms in total. The van der Waals surface area contributed by atoms with Gasteiger partial charge in [-0.15, -0.1) is 0 Å². The molecule has 0 bridgehead atoms. The van der Waals surface area contributed by atoms with E-state index in [9.17, 15) is 8.60 Å². The van der Waals surface area contributed by atoms with Crippen molar-refractivity contribution < 1.29 is 8.60 Å². The fourth-order valence-corrected chi connectivity index (χ4v) is 3.18. The van der Waals surface area contributed by atoms with Gasteiger partial charge in [0.2, 0.25) is 0 Å². The highest BCUT2D eigenvalue weighted by Crippen LogP contribution is 2.23. The van der Waals surface area contributed by atoms with Crippen LogP contribution in [0.5, 0.6) is 0 Å². The van der Waals surface area contributed by atoms with E-state index in [0.29, 0.717) is 0 Å². The lowest BCUT2D eigenvalue weighted by atomic mass is 10.1. The fraction of sp³-hybridized carbons (Fsp3) is 0.200. The van der Waals surface area contributed by atoms with E-state index in [1.165, 1.54) is 6.07 Å². The van der Waals surface area contributed by atoms with Gasteiger partial charge in [-0.05, 0) is 24.6 Å². The van der Waals surface area contributed by atoms with Crippen LogP contribution in [-0.2, 0) is 10.8 Å². The van der Waals surface area contributed by atoms with E-state index in [4.69, 9.17) is 5.73 Å². The topological polar surface area (TPSA) is 43.1 Å². The zero-order valence-electron chi connectivity index (χ0n) is 10.6. The number of hydrogen-bond acceptors (Lipinski definition) is 2. The van der Waals surface area contributed by atoms with Crippen LogP contribution >= 0.6 is 0 Å². The van der Waals surface area contributed by atoms with Gasteiger partial charge >= 0.3 is 0 Å². The van der Waals surface area contributed by atoms with Crippen LogP contribution in [0.25, 0.3) is 0 Å². The van der Waals surface area contributed by atoms with E-state index in [-0.39, 0.29) is 16.2 Å². The molecule has 0 aromatic heterocycles. The van der Waals surface area contributed by atoms with Crippen molar-refractivity contribution in [2.75, 3.05) is 0 Å². The molecule has 0 aliphatic heterocycles. The highest BCUT2D eigenvalue weighted by molar-refractivity contribution is 7.85. The Morgan fingerprint density at radius 2 is 1.63 bits per heavy atom. The van der Waals surface area contributed by atoms with Gasteiger partial charge in [0, 0.05) is 6.04 Å². The van der Waals surface area contributed by atoms with Gasteiger partial charge in [-0.1, -0.05) is 42.5 Å². The van der Waals surface area contributed by atoms with Crippen LogP contribution in [0.1, 0.15) is 18.5 Å². The molecule has 2 aromatic carbocycles. The molecule has 0 fully saturated rings. The Bertz CT molecular complexity index is 573. The van der Waals surface area contributed by atoms with Crippen molar-refractivity contribution in [2.45, 2.75) is 23.1 Å². The predicted molar refractivity (Wildman–Crippen MR) is 75.6 cm³/mol. The molecule has 4 heteroatoms. The van der Waals surface area contributed by atoms with Crippen molar-refractivity contribution >= 4 is 10.8 Å². The first-order valence-corrected chi connectivity index (χ1v) is 7.28. The van der Waals surface area contributed by atoms with E-state index < -0.39 is 16.6 Å². The summed E-state index contributed by atoms with van der Waals surface area (Å²) in [4.78, 5) is 0.210. The molecule has 0 saturated heterocycles. The first kappa shape index (κ1) is 13.9. The number of rotatable bonds is 4. The SMILES string of the molecule is CC(C(N)c1ccccc1)S(=O)c1ccccc1F. The summed E-state index contributed by atoms with van der Waals surface area (Å²) in [6.45, 7) is 1.78. The van der Waals surface area contributed by atoms with E-state index in [0.717, 1.165) is 5.56 Å². The van der Waals surface area contributed by atoms with Crippen LogP contribution in [0.15, 0.2) is 59.5 Å². The van der Waals surface area contributed by atoms with E-state index in [1.807, 2.05) is 30.3 Å². The molecular weight excluding hydrogens is 261 g/mol. The Hall–Kier alpha value is -1.52. The minimum absolute atomic E-state index is 0.210. The average molecular weight is 277 g/mol. The maximum Gasteiger partial charge on any atom is 0.139 e. The Kier molecular flexibility index (Phi) is 4.45. The quantitative estimate of drug-likeness (QED) is 0.933. The highest BCUT2D eigenvalue weighted by atomic mass is 32.2. The smallest absolute Gasteiger partial charge is 0.139 e. The van der Waals surface area contributed by atoms with E-state index in [1.54, 1.807) is 25.1 Å². The molecule has 0 spiro atoms. The van der Waals surface area contributed by atoms with Gasteiger partial charge in [0.05, 0.1) is 20.9 Å². The van der Waals surface area contributed by atoms with Crippen molar-refractivity contribution in [1.29, 1.82) is 0 Å². The highest BCUT2D eigenvalue weighted by Gasteiger charge is 2.23. The zero-order chi connectivity index (χ0) is 13.8. The Morgan fingerprint density at radius 3 is 2.26 bits per heavy atom. The number of benzene rings is 2. The van der Waals surface area contributed by atoms with Crippen LogP contribution in [0.4, 0.5) is 4.39 Å². The number of hydrogen-bond donors (Lipinski definition) is 1. The summed E-state index contributed by atoms with van der Waals surface area (Å²) < 4.78 is 26.0.